The monoisotopic (exact) mass is 435 g/mol. The van der Waals surface area contributed by atoms with Crippen LogP contribution < -0.4 is 5.56 Å². The topological polar surface area (TPSA) is 58.7 Å². The highest BCUT2D eigenvalue weighted by molar-refractivity contribution is 7.17. The van der Waals surface area contributed by atoms with E-state index in [0.29, 0.717) is 17.5 Å². The minimum absolute atomic E-state index is 0.0229. The van der Waals surface area contributed by atoms with Crippen LogP contribution in [0, 0.1) is 11.3 Å². The van der Waals surface area contributed by atoms with E-state index in [4.69, 9.17) is 4.98 Å². The van der Waals surface area contributed by atoms with Gasteiger partial charge in [-0.2, -0.15) is 5.26 Å². The van der Waals surface area contributed by atoms with E-state index >= 15 is 0 Å². The molecule has 0 aliphatic rings. The Bertz CT molecular complexity index is 1560. The molecule has 0 aliphatic carbocycles. The van der Waals surface area contributed by atoms with Crippen LogP contribution in [0.3, 0.4) is 0 Å². The Morgan fingerprint density at radius 1 is 1.03 bits per heavy atom. The molecule has 0 radical (unpaired) electrons. The van der Waals surface area contributed by atoms with Crippen LogP contribution in [0.15, 0.2) is 76.9 Å². The van der Waals surface area contributed by atoms with Gasteiger partial charge in [0.1, 0.15) is 10.7 Å². The van der Waals surface area contributed by atoms with Crippen molar-refractivity contribution in [3.05, 3.63) is 99.4 Å². The SMILES string of the molecule is CCCc1nc2scc(-c3ccc4ccccc4c3)c2c(=O)n1Cc1cccc(C#N)c1. The predicted octanol–water partition coefficient (Wildman–Crippen LogP) is 6.15. The zero-order chi connectivity index (χ0) is 22.1. The molecule has 3 aromatic carbocycles. The minimum Gasteiger partial charge on any atom is -0.292 e. The van der Waals surface area contributed by atoms with Gasteiger partial charge in [-0.05, 0) is 46.5 Å². The van der Waals surface area contributed by atoms with Crippen LogP contribution in [-0.4, -0.2) is 9.55 Å². The van der Waals surface area contributed by atoms with Gasteiger partial charge in [0, 0.05) is 17.4 Å². The van der Waals surface area contributed by atoms with E-state index in [-0.39, 0.29) is 5.56 Å². The molecule has 0 aliphatic heterocycles. The first-order valence-corrected chi connectivity index (χ1v) is 11.5. The molecule has 0 fully saturated rings. The van der Waals surface area contributed by atoms with Crippen molar-refractivity contribution in [2.75, 3.05) is 0 Å². The molecule has 0 atom stereocenters. The molecule has 0 amide bonds. The zero-order valence-electron chi connectivity index (χ0n) is 17.7. The van der Waals surface area contributed by atoms with Gasteiger partial charge in [0.2, 0.25) is 0 Å². The Morgan fingerprint density at radius 3 is 2.69 bits per heavy atom. The molecule has 0 bridgehead atoms. The van der Waals surface area contributed by atoms with Gasteiger partial charge in [0.15, 0.2) is 0 Å². The van der Waals surface area contributed by atoms with Crippen molar-refractivity contribution in [1.29, 1.82) is 5.26 Å². The largest absolute Gasteiger partial charge is 0.292 e. The molecule has 5 rings (SSSR count). The van der Waals surface area contributed by atoms with Gasteiger partial charge in [-0.15, -0.1) is 11.3 Å². The molecule has 0 N–H and O–H groups in total. The molecule has 5 heteroatoms. The average molecular weight is 436 g/mol. The van der Waals surface area contributed by atoms with Crippen molar-refractivity contribution in [2.24, 2.45) is 0 Å². The number of aryl methyl sites for hydroxylation is 1. The summed E-state index contributed by atoms with van der Waals surface area (Å²) in [4.78, 5) is 19.4. The summed E-state index contributed by atoms with van der Waals surface area (Å²) in [6.45, 7) is 2.49. The van der Waals surface area contributed by atoms with Crippen LogP contribution in [0.1, 0.15) is 30.3 Å². The normalized spacial score (nSPS) is 11.1. The first-order valence-electron chi connectivity index (χ1n) is 10.7. The second-order valence-corrected chi connectivity index (χ2v) is 8.73. The Hall–Kier alpha value is -3.75. The summed E-state index contributed by atoms with van der Waals surface area (Å²) in [7, 11) is 0. The summed E-state index contributed by atoms with van der Waals surface area (Å²) < 4.78 is 1.78. The molecule has 0 spiro atoms. The summed E-state index contributed by atoms with van der Waals surface area (Å²) >= 11 is 1.52. The van der Waals surface area contributed by atoms with Crippen molar-refractivity contribution in [1.82, 2.24) is 9.55 Å². The first kappa shape index (κ1) is 20.2. The molecule has 0 unspecified atom stereocenters. The van der Waals surface area contributed by atoms with Crippen LogP contribution >= 0.6 is 11.3 Å². The fourth-order valence-electron chi connectivity index (χ4n) is 4.14. The third kappa shape index (κ3) is 3.59. The van der Waals surface area contributed by atoms with Gasteiger partial charge < -0.3 is 0 Å². The lowest BCUT2D eigenvalue weighted by Gasteiger charge is -2.13. The van der Waals surface area contributed by atoms with Crippen molar-refractivity contribution in [2.45, 2.75) is 26.3 Å². The van der Waals surface area contributed by atoms with E-state index in [1.807, 2.05) is 35.7 Å². The van der Waals surface area contributed by atoms with Gasteiger partial charge >= 0.3 is 0 Å². The quantitative estimate of drug-likeness (QED) is 0.333. The number of nitriles is 1. The smallest absolute Gasteiger partial charge is 0.263 e. The molecule has 156 valence electrons. The number of thiophene rings is 1. The first-order chi connectivity index (χ1) is 15.7. The third-order valence-corrected chi connectivity index (χ3v) is 6.58. The minimum atomic E-state index is -0.0229. The Morgan fingerprint density at radius 2 is 1.88 bits per heavy atom. The van der Waals surface area contributed by atoms with Crippen LogP contribution in [0.25, 0.3) is 32.1 Å². The lowest BCUT2D eigenvalue weighted by Crippen LogP contribution is -2.25. The van der Waals surface area contributed by atoms with E-state index in [0.717, 1.165) is 45.6 Å². The standard InChI is InChI=1S/C27H21N3OS/c1-2-6-24-29-26-25(27(31)30(24)16-19-8-5-7-18(13-19)15-28)23(17-32-26)22-12-11-20-9-3-4-10-21(20)14-22/h3-5,7-14,17H,2,6,16H2,1H3. The molecule has 2 heterocycles. The van der Waals surface area contributed by atoms with Crippen molar-refractivity contribution in [3.63, 3.8) is 0 Å². The predicted molar refractivity (Wildman–Crippen MR) is 131 cm³/mol. The lowest BCUT2D eigenvalue weighted by molar-refractivity contribution is 0.666. The Kier molecular flexibility index (Phi) is 5.30. The number of rotatable bonds is 5. The van der Waals surface area contributed by atoms with Crippen LogP contribution in [0.5, 0.6) is 0 Å². The van der Waals surface area contributed by atoms with E-state index in [2.05, 4.69) is 43.3 Å². The second-order valence-electron chi connectivity index (χ2n) is 7.87. The molecule has 5 aromatic rings. The molecule has 0 saturated heterocycles. The summed E-state index contributed by atoms with van der Waals surface area (Å²) in [5.74, 6) is 0.791. The number of benzene rings is 3. The molecular weight excluding hydrogens is 414 g/mol. The summed E-state index contributed by atoms with van der Waals surface area (Å²) in [5.41, 5.74) is 3.44. The fraction of sp³-hybridized carbons (Fsp3) is 0.148. The molecule has 32 heavy (non-hydrogen) atoms. The van der Waals surface area contributed by atoms with Crippen molar-refractivity contribution >= 4 is 32.3 Å². The average Bonchev–Trinajstić information content (AvgIpc) is 3.25. The van der Waals surface area contributed by atoms with Crippen LogP contribution in [0.2, 0.25) is 0 Å². The number of nitrogens with zero attached hydrogens (tertiary/aromatic N) is 3. The van der Waals surface area contributed by atoms with E-state index in [1.165, 1.54) is 16.7 Å². The highest BCUT2D eigenvalue weighted by atomic mass is 32.1. The highest BCUT2D eigenvalue weighted by Gasteiger charge is 2.17. The summed E-state index contributed by atoms with van der Waals surface area (Å²) in [5, 5.41) is 14.3. The number of fused-ring (bicyclic) bond motifs is 2. The molecule has 2 aromatic heterocycles. The lowest BCUT2D eigenvalue weighted by atomic mass is 10.0. The Labute approximate surface area is 190 Å². The number of hydrogen-bond donors (Lipinski definition) is 0. The molecular formula is C27H21N3OS. The highest BCUT2D eigenvalue weighted by Crippen LogP contribution is 2.33. The molecule has 4 nitrogen and oxygen atoms in total. The third-order valence-electron chi connectivity index (χ3n) is 5.70. The summed E-state index contributed by atoms with van der Waals surface area (Å²) in [6.07, 6.45) is 1.63. The van der Waals surface area contributed by atoms with Gasteiger partial charge in [0.05, 0.1) is 23.6 Å². The fourth-order valence-corrected chi connectivity index (χ4v) is 5.09. The van der Waals surface area contributed by atoms with E-state index in [9.17, 15) is 10.1 Å². The number of hydrogen-bond acceptors (Lipinski definition) is 4. The van der Waals surface area contributed by atoms with E-state index < -0.39 is 0 Å². The van der Waals surface area contributed by atoms with Crippen LogP contribution in [0.4, 0.5) is 0 Å². The van der Waals surface area contributed by atoms with Gasteiger partial charge in [-0.1, -0.05) is 55.5 Å². The maximum atomic E-state index is 13.8. The van der Waals surface area contributed by atoms with Crippen molar-refractivity contribution < 1.29 is 0 Å². The van der Waals surface area contributed by atoms with E-state index in [1.54, 1.807) is 10.6 Å². The Balaban J connectivity index is 1.69. The maximum Gasteiger partial charge on any atom is 0.263 e. The van der Waals surface area contributed by atoms with Crippen molar-refractivity contribution in [3.8, 4) is 17.2 Å². The zero-order valence-corrected chi connectivity index (χ0v) is 18.5. The van der Waals surface area contributed by atoms with Gasteiger partial charge in [-0.25, -0.2) is 4.98 Å². The summed E-state index contributed by atoms with van der Waals surface area (Å²) in [6, 6.07) is 24.1. The maximum absolute atomic E-state index is 13.8. The number of aromatic nitrogens is 2. The van der Waals surface area contributed by atoms with Gasteiger partial charge in [-0.3, -0.25) is 9.36 Å². The van der Waals surface area contributed by atoms with Crippen LogP contribution in [-0.2, 0) is 13.0 Å². The second kappa shape index (κ2) is 8.41. The molecule has 0 saturated carbocycles. The van der Waals surface area contributed by atoms with Gasteiger partial charge in [0.25, 0.3) is 5.56 Å².